The maximum absolute atomic E-state index is 13.8. The Morgan fingerprint density at radius 1 is 1.12 bits per heavy atom. The summed E-state index contributed by atoms with van der Waals surface area (Å²) in [5, 5.41) is 2.81. The smallest absolute Gasteiger partial charge is 0.325 e. The van der Waals surface area contributed by atoms with Crippen molar-refractivity contribution >= 4 is 17.6 Å². The predicted molar refractivity (Wildman–Crippen MR) is 93.7 cm³/mol. The van der Waals surface area contributed by atoms with Gasteiger partial charge in [0, 0.05) is 19.6 Å². The van der Waals surface area contributed by atoms with Gasteiger partial charge in [-0.15, -0.1) is 0 Å². The fourth-order valence-electron chi connectivity index (χ4n) is 2.76. The normalized spacial score (nSPS) is 14.1. The first-order chi connectivity index (χ1) is 12.0. The van der Waals surface area contributed by atoms with Gasteiger partial charge >= 0.3 is 6.03 Å². The minimum absolute atomic E-state index is 0.0321. The van der Waals surface area contributed by atoms with E-state index < -0.39 is 5.82 Å². The molecule has 3 rings (SSSR count). The summed E-state index contributed by atoms with van der Waals surface area (Å²) in [5.41, 5.74) is 2.40. The monoisotopic (exact) mass is 341 g/mol. The van der Waals surface area contributed by atoms with Gasteiger partial charge in [-0.2, -0.15) is 0 Å². The third-order valence-corrected chi connectivity index (χ3v) is 4.18. The number of nitrogens with zero attached hydrogens (tertiary/aromatic N) is 2. The highest BCUT2D eigenvalue weighted by atomic mass is 19.1. The SMILES string of the molecule is Cc1ccc(CNC(=O)CN2CCN(c3ccccc3F)C2=O)cc1. The van der Waals surface area contributed by atoms with Crippen molar-refractivity contribution in [1.82, 2.24) is 10.2 Å². The van der Waals surface area contributed by atoms with Crippen molar-refractivity contribution in [3.8, 4) is 0 Å². The largest absolute Gasteiger partial charge is 0.350 e. The molecule has 0 aliphatic carbocycles. The Kier molecular flexibility index (Phi) is 4.97. The number of hydrogen-bond donors (Lipinski definition) is 1. The summed E-state index contributed by atoms with van der Waals surface area (Å²) in [7, 11) is 0. The van der Waals surface area contributed by atoms with Gasteiger partial charge in [0.25, 0.3) is 0 Å². The van der Waals surface area contributed by atoms with E-state index in [1.54, 1.807) is 18.2 Å². The summed E-state index contributed by atoms with van der Waals surface area (Å²) in [6, 6.07) is 13.7. The van der Waals surface area contributed by atoms with E-state index in [1.807, 2.05) is 31.2 Å². The molecule has 2 aromatic carbocycles. The first-order valence-electron chi connectivity index (χ1n) is 8.18. The minimum Gasteiger partial charge on any atom is -0.350 e. The van der Waals surface area contributed by atoms with Crippen LogP contribution in [0.5, 0.6) is 0 Å². The molecule has 0 radical (unpaired) electrons. The van der Waals surface area contributed by atoms with Crippen molar-refractivity contribution in [2.24, 2.45) is 0 Å². The van der Waals surface area contributed by atoms with Gasteiger partial charge in [0.2, 0.25) is 5.91 Å². The molecule has 1 aliphatic heterocycles. The highest BCUT2D eigenvalue weighted by molar-refractivity contribution is 5.96. The molecule has 5 nitrogen and oxygen atoms in total. The Balaban J connectivity index is 1.55. The summed E-state index contributed by atoms with van der Waals surface area (Å²) in [6.45, 7) is 3.15. The van der Waals surface area contributed by atoms with Crippen molar-refractivity contribution in [1.29, 1.82) is 0 Å². The standard InChI is InChI=1S/C19H20FN3O2/c1-14-6-8-15(9-7-14)12-21-18(24)13-22-10-11-23(19(22)25)17-5-3-2-4-16(17)20/h2-9H,10-13H2,1H3,(H,21,24). The molecule has 1 saturated heterocycles. The molecule has 3 amide bonds. The molecular formula is C19H20FN3O2. The van der Waals surface area contributed by atoms with Crippen LogP contribution in [-0.4, -0.2) is 36.5 Å². The molecule has 1 heterocycles. The maximum Gasteiger partial charge on any atom is 0.325 e. The lowest BCUT2D eigenvalue weighted by molar-refractivity contribution is -0.121. The zero-order chi connectivity index (χ0) is 17.8. The molecule has 2 aromatic rings. The molecule has 0 saturated carbocycles. The van der Waals surface area contributed by atoms with Gasteiger partial charge in [-0.25, -0.2) is 9.18 Å². The molecular weight excluding hydrogens is 321 g/mol. The molecule has 1 aliphatic rings. The Morgan fingerprint density at radius 2 is 1.84 bits per heavy atom. The lowest BCUT2D eigenvalue weighted by Crippen LogP contribution is -2.39. The van der Waals surface area contributed by atoms with Crippen molar-refractivity contribution in [2.75, 3.05) is 24.5 Å². The van der Waals surface area contributed by atoms with E-state index in [0.717, 1.165) is 11.1 Å². The zero-order valence-corrected chi connectivity index (χ0v) is 14.0. The summed E-state index contributed by atoms with van der Waals surface area (Å²) in [6.07, 6.45) is 0. The average molecular weight is 341 g/mol. The quantitative estimate of drug-likeness (QED) is 0.909. The van der Waals surface area contributed by atoms with Gasteiger partial charge < -0.3 is 10.2 Å². The number of amides is 3. The predicted octanol–water partition coefficient (Wildman–Crippen LogP) is 2.69. The number of nitrogens with one attached hydrogen (secondary N) is 1. The van der Waals surface area contributed by atoms with Gasteiger partial charge in [0.15, 0.2) is 0 Å². The van der Waals surface area contributed by atoms with Crippen LogP contribution in [0, 0.1) is 12.7 Å². The zero-order valence-electron chi connectivity index (χ0n) is 14.0. The molecule has 130 valence electrons. The summed E-state index contributed by atoms with van der Waals surface area (Å²) >= 11 is 0. The van der Waals surface area contributed by atoms with E-state index in [2.05, 4.69) is 5.32 Å². The van der Waals surface area contributed by atoms with Crippen LogP contribution in [0.15, 0.2) is 48.5 Å². The van der Waals surface area contributed by atoms with Crippen molar-refractivity contribution in [3.05, 3.63) is 65.5 Å². The van der Waals surface area contributed by atoms with E-state index >= 15 is 0 Å². The molecule has 0 atom stereocenters. The third kappa shape index (κ3) is 3.96. The molecule has 6 heteroatoms. The van der Waals surface area contributed by atoms with Crippen molar-refractivity contribution < 1.29 is 14.0 Å². The van der Waals surface area contributed by atoms with E-state index in [1.165, 1.54) is 15.9 Å². The number of carbonyl (C=O) groups is 2. The number of rotatable bonds is 5. The number of benzene rings is 2. The van der Waals surface area contributed by atoms with E-state index in [0.29, 0.717) is 19.6 Å². The molecule has 0 bridgehead atoms. The number of aryl methyl sites for hydroxylation is 1. The van der Waals surface area contributed by atoms with Gasteiger partial charge in [0.1, 0.15) is 12.4 Å². The van der Waals surface area contributed by atoms with E-state index in [9.17, 15) is 14.0 Å². The lowest BCUT2D eigenvalue weighted by Gasteiger charge is -2.18. The second-order valence-corrected chi connectivity index (χ2v) is 6.07. The van der Waals surface area contributed by atoms with Crippen LogP contribution in [0.2, 0.25) is 0 Å². The first kappa shape index (κ1) is 17.0. The first-order valence-corrected chi connectivity index (χ1v) is 8.18. The second-order valence-electron chi connectivity index (χ2n) is 6.07. The van der Waals surface area contributed by atoms with Crippen LogP contribution in [0.3, 0.4) is 0 Å². The Morgan fingerprint density at radius 3 is 2.56 bits per heavy atom. The van der Waals surface area contributed by atoms with Crippen LogP contribution >= 0.6 is 0 Å². The number of anilines is 1. The van der Waals surface area contributed by atoms with Gasteiger partial charge in [-0.3, -0.25) is 9.69 Å². The fraction of sp³-hybridized carbons (Fsp3) is 0.263. The number of carbonyl (C=O) groups excluding carboxylic acids is 2. The third-order valence-electron chi connectivity index (χ3n) is 4.18. The van der Waals surface area contributed by atoms with Crippen molar-refractivity contribution in [3.63, 3.8) is 0 Å². The number of para-hydroxylation sites is 1. The Bertz CT molecular complexity index is 776. The molecule has 25 heavy (non-hydrogen) atoms. The summed E-state index contributed by atoms with van der Waals surface area (Å²) in [4.78, 5) is 27.3. The van der Waals surface area contributed by atoms with E-state index in [-0.39, 0.29) is 24.2 Å². The van der Waals surface area contributed by atoms with Crippen LogP contribution in [-0.2, 0) is 11.3 Å². The fourth-order valence-corrected chi connectivity index (χ4v) is 2.76. The number of urea groups is 1. The molecule has 1 N–H and O–H groups in total. The van der Waals surface area contributed by atoms with Gasteiger partial charge in [-0.05, 0) is 24.6 Å². The topological polar surface area (TPSA) is 52.7 Å². The average Bonchev–Trinajstić information content (AvgIpc) is 2.95. The number of hydrogen-bond acceptors (Lipinski definition) is 2. The highest BCUT2D eigenvalue weighted by Crippen LogP contribution is 2.23. The Labute approximate surface area is 146 Å². The highest BCUT2D eigenvalue weighted by Gasteiger charge is 2.31. The molecule has 0 spiro atoms. The van der Waals surface area contributed by atoms with Crippen LogP contribution in [0.25, 0.3) is 0 Å². The van der Waals surface area contributed by atoms with E-state index in [4.69, 9.17) is 0 Å². The molecule has 0 aromatic heterocycles. The summed E-state index contributed by atoms with van der Waals surface area (Å²) < 4.78 is 13.8. The van der Waals surface area contributed by atoms with Gasteiger partial charge in [0.05, 0.1) is 5.69 Å². The molecule has 1 fully saturated rings. The molecule has 0 unspecified atom stereocenters. The van der Waals surface area contributed by atoms with Crippen LogP contribution in [0.1, 0.15) is 11.1 Å². The minimum atomic E-state index is -0.443. The summed E-state index contributed by atoms with van der Waals surface area (Å²) in [5.74, 6) is -0.675. The van der Waals surface area contributed by atoms with Crippen LogP contribution < -0.4 is 10.2 Å². The van der Waals surface area contributed by atoms with Crippen LogP contribution in [0.4, 0.5) is 14.9 Å². The van der Waals surface area contributed by atoms with Gasteiger partial charge in [-0.1, -0.05) is 42.0 Å². The lowest BCUT2D eigenvalue weighted by atomic mass is 10.1. The maximum atomic E-state index is 13.8. The number of halogens is 1. The Hall–Kier alpha value is -2.89. The van der Waals surface area contributed by atoms with Crippen molar-refractivity contribution in [2.45, 2.75) is 13.5 Å². The second kappa shape index (κ2) is 7.34.